The molecule has 0 aromatic heterocycles. The second kappa shape index (κ2) is 3.80. The molecule has 1 unspecified atom stereocenters. The van der Waals surface area contributed by atoms with Gasteiger partial charge in [0, 0.05) is 5.88 Å². The van der Waals surface area contributed by atoms with Crippen molar-refractivity contribution in [1.82, 2.24) is 0 Å². The van der Waals surface area contributed by atoms with Crippen LogP contribution in [-0.2, 0) is 4.79 Å². The van der Waals surface area contributed by atoms with E-state index in [0.717, 1.165) is 0 Å². The summed E-state index contributed by atoms with van der Waals surface area (Å²) in [5.41, 5.74) is 0. The highest BCUT2D eigenvalue weighted by Crippen LogP contribution is 2.22. The van der Waals surface area contributed by atoms with E-state index in [4.69, 9.17) is 28.5 Å². The topological polar surface area (TPSA) is 40.9 Å². The van der Waals surface area contributed by atoms with E-state index in [9.17, 15) is 4.79 Å². The zero-order valence-corrected chi connectivity index (χ0v) is 7.04. The van der Waals surface area contributed by atoms with E-state index in [-0.39, 0.29) is 5.88 Å². The minimum absolute atomic E-state index is 0.0164. The first-order valence-corrected chi connectivity index (χ1v) is 3.71. The Labute approximate surface area is 69.7 Å². The molecule has 0 aliphatic carbocycles. The lowest BCUT2D eigenvalue weighted by molar-refractivity contribution is -0.116. The molecule has 0 fully saturated rings. The molecule has 0 amide bonds. The SMILES string of the molecule is CCC(Cl)(CCl)C(=O)C#N. The summed E-state index contributed by atoms with van der Waals surface area (Å²) < 4.78 is 0. The molecule has 0 aromatic rings. The fourth-order valence-corrected chi connectivity index (χ4v) is 0.769. The standard InChI is InChI=1S/C6H7Cl2NO/c1-2-6(8,4-7)5(10)3-9/h2,4H2,1H3. The van der Waals surface area contributed by atoms with Gasteiger partial charge in [0.1, 0.15) is 10.9 Å². The second-order valence-electron chi connectivity index (χ2n) is 1.89. The van der Waals surface area contributed by atoms with E-state index >= 15 is 0 Å². The molecule has 0 aliphatic heterocycles. The Balaban J connectivity index is 4.36. The number of carbonyl (C=O) groups is 1. The Morgan fingerprint density at radius 2 is 2.30 bits per heavy atom. The largest absolute Gasteiger partial charge is 0.281 e. The van der Waals surface area contributed by atoms with Crippen molar-refractivity contribution in [1.29, 1.82) is 5.26 Å². The normalized spacial score (nSPS) is 15.4. The number of ketones is 1. The summed E-state index contributed by atoms with van der Waals surface area (Å²) >= 11 is 11.0. The van der Waals surface area contributed by atoms with Crippen molar-refractivity contribution >= 4 is 29.0 Å². The van der Waals surface area contributed by atoms with Crippen LogP contribution in [0.25, 0.3) is 0 Å². The van der Waals surface area contributed by atoms with Gasteiger partial charge in [-0.3, -0.25) is 4.79 Å². The molecule has 0 spiro atoms. The van der Waals surface area contributed by atoms with Gasteiger partial charge in [-0.15, -0.1) is 23.2 Å². The van der Waals surface area contributed by atoms with Crippen molar-refractivity contribution in [3.63, 3.8) is 0 Å². The molecule has 0 aliphatic rings. The second-order valence-corrected chi connectivity index (χ2v) is 2.88. The van der Waals surface area contributed by atoms with Crippen molar-refractivity contribution in [3.05, 3.63) is 0 Å². The van der Waals surface area contributed by atoms with Gasteiger partial charge in [0.25, 0.3) is 5.78 Å². The van der Waals surface area contributed by atoms with Crippen LogP contribution < -0.4 is 0 Å². The van der Waals surface area contributed by atoms with Crippen LogP contribution in [0.3, 0.4) is 0 Å². The van der Waals surface area contributed by atoms with E-state index < -0.39 is 10.7 Å². The zero-order chi connectivity index (χ0) is 8.20. The van der Waals surface area contributed by atoms with Gasteiger partial charge >= 0.3 is 0 Å². The minimum atomic E-state index is -1.17. The number of Topliss-reactive ketones (excluding diaryl/α,β-unsaturated/α-hetero) is 1. The molecule has 10 heavy (non-hydrogen) atoms. The highest BCUT2D eigenvalue weighted by Gasteiger charge is 2.32. The lowest BCUT2D eigenvalue weighted by Crippen LogP contribution is -2.32. The van der Waals surface area contributed by atoms with Crippen LogP contribution in [0.1, 0.15) is 13.3 Å². The number of hydrogen-bond acceptors (Lipinski definition) is 2. The summed E-state index contributed by atoms with van der Waals surface area (Å²) in [5.74, 6) is -0.677. The number of hydrogen-bond donors (Lipinski definition) is 0. The van der Waals surface area contributed by atoms with Crippen LogP contribution in [0.5, 0.6) is 0 Å². The quantitative estimate of drug-likeness (QED) is 0.489. The minimum Gasteiger partial charge on any atom is -0.281 e. The maximum atomic E-state index is 10.7. The van der Waals surface area contributed by atoms with Gasteiger partial charge in [0.05, 0.1) is 0 Å². The van der Waals surface area contributed by atoms with E-state index in [1.165, 1.54) is 6.07 Å². The van der Waals surface area contributed by atoms with E-state index in [0.29, 0.717) is 6.42 Å². The number of rotatable bonds is 3. The molecule has 0 heterocycles. The van der Waals surface area contributed by atoms with Crippen LogP contribution >= 0.6 is 23.2 Å². The average molecular weight is 180 g/mol. The smallest absolute Gasteiger partial charge is 0.253 e. The third-order valence-corrected chi connectivity index (χ3v) is 2.45. The Hall–Kier alpha value is -0.260. The number of carbonyl (C=O) groups excluding carboxylic acids is 1. The lowest BCUT2D eigenvalue weighted by Gasteiger charge is -2.15. The molecule has 1 atom stereocenters. The molecule has 0 rings (SSSR count). The predicted octanol–water partition coefficient (Wildman–Crippen LogP) is 1.71. The molecule has 0 radical (unpaired) electrons. The highest BCUT2D eigenvalue weighted by atomic mass is 35.5. The first-order valence-electron chi connectivity index (χ1n) is 2.80. The van der Waals surface area contributed by atoms with Crippen LogP contribution in [0, 0.1) is 11.3 Å². The van der Waals surface area contributed by atoms with Crippen molar-refractivity contribution in [2.24, 2.45) is 0 Å². The first-order chi connectivity index (χ1) is 4.60. The van der Waals surface area contributed by atoms with Gasteiger partial charge < -0.3 is 0 Å². The monoisotopic (exact) mass is 179 g/mol. The van der Waals surface area contributed by atoms with Gasteiger partial charge in [-0.25, -0.2) is 0 Å². The lowest BCUT2D eigenvalue weighted by atomic mass is 10.0. The fraction of sp³-hybridized carbons (Fsp3) is 0.667. The third kappa shape index (κ3) is 1.86. The molecule has 0 aromatic carbocycles. The van der Waals surface area contributed by atoms with E-state index in [2.05, 4.69) is 0 Å². The Kier molecular flexibility index (Phi) is 3.70. The molecule has 0 saturated heterocycles. The maximum Gasteiger partial charge on any atom is 0.253 e. The molecule has 4 heteroatoms. The average Bonchev–Trinajstić information content (AvgIpc) is 2.01. The molecular weight excluding hydrogens is 173 g/mol. The van der Waals surface area contributed by atoms with Crippen LogP contribution in [0.4, 0.5) is 0 Å². The van der Waals surface area contributed by atoms with Crippen molar-refractivity contribution in [2.75, 3.05) is 5.88 Å². The van der Waals surface area contributed by atoms with Gasteiger partial charge in [0.15, 0.2) is 0 Å². The Morgan fingerprint density at radius 1 is 1.80 bits per heavy atom. The first kappa shape index (κ1) is 9.74. The van der Waals surface area contributed by atoms with Gasteiger partial charge in [-0.2, -0.15) is 5.26 Å². The number of nitrogens with zero attached hydrogens (tertiary/aromatic N) is 1. The van der Waals surface area contributed by atoms with E-state index in [1.807, 2.05) is 0 Å². The summed E-state index contributed by atoms with van der Waals surface area (Å²) in [4.78, 5) is 9.55. The molecule has 0 saturated carbocycles. The number of nitriles is 1. The van der Waals surface area contributed by atoms with Crippen LogP contribution in [-0.4, -0.2) is 16.5 Å². The van der Waals surface area contributed by atoms with E-state index in [1.54, 1.807) is 6.92 Å². The van der Waals surface area contributed by atoms with Gasteiger partial charge in [-0.1, -0.05) is 6.92 Å². The summed E-state index contributed by atoms with van der Waals surface area (Å²) in [6, 6.07) is 1.45. The molecule has 0 bridgehead atoms. The predicted molar refractivity (Wildman–Crippen MR) is 40.2 cm³/mol. The molecule has 2 nitrogen and oxygen atoms in total. The Morgan fingerprint density at radius 3 is 2.40 bits per heavy atom. The number of alkyl halides is 2. The summed E-state index contributed by atoms with van der Waals surface area (Å²) in [6.45, 7) is 1.71. The summed E-state index contributed by atoms with van der Waals surface area (Å²) in [5, 5.41) is 8.19. The Bertz CT molecular complexity index is 169. The summed E-state index contributed by atoms with van der Waals surface area (Å²) in [6.07, 6.45) is 0.379. The van der Waals surface area contributed by atoms with Gasteiger partial charge in [-0.05, 0) is 6.42 Å². The molecular formula is C6H7Cl2NO. The maximum absolute atomic E-state index is 10.7. The van der Waals surface area contributed by atoms with Crippen LogP contribution in [0.2, 0.25) is 0 Å². The van der Waals surface area contributed by atoms with Crippen molar-refractivity contribution in [3.8, 4) is 6.07 Å². The van der Waals surface area contributed by atoms with Crippen LogP contribution in [0.15, 0.2) is 0 Å². The summed E-state index contributed by atoms with van der Waals surface area (Å²) in [7, 11) is 0. The third-order valence-electron chi connectivity index (χ3n) is 1.28. The zero-order valence-electron chi connectivity index (χ0n) is 5.53. The fourth-order valence-electron chi connectivity index (χ4n) is 0.416. The molecule has 0 N–H and O–H groups in total. The van der Waals surface area contributed by atoms with Crippen molar-refractivity contribution < 1.29 is 4.79 Å². The highest BCUT2D eigenvalue weighted by molar-refractivity contribution is 6.42. The number of halogens is 2. The molecule has 56 valence electrons. The van der Waals surface area contributed by atoms with Crippen molar-refractivity contribution in [2.45, 2.75) is 18.2 Å². The van der Waals surface area contributed by atoms with Gasteiger partial charge in [0.2, 0.25) is 0 Å².